The fourth-order valence-corrected chi connectivity index (χ4v) is 1.70. The van der Waals surface area contributed by atoms with Gasteiger partial charge in [0.05, 0.1) is 7.11 Å². The predicted octanol–water partition coefficient (Wildman–Crippen LogP) is 4.69. The molecule has 1 aromatic heterocycles. The highest BCUT2D eigenvalue weighted by Gasteiger charge is 2.17. The summed E-state index contributed by atoms with van der Waals surface area (Å²) in [7, 11) is 1.63. The van der Waals surface area contributed by atoms with Gasteiger partial charge in [0.25, 0.3) is 0 Å². The quantitative estimate of drug-likeness (QED) is 0.808. The molecule has 0 saturated heterocycles. The molecule has 0 spiro atoms. The number of aromatic nitrogens is 1. The Hall–Kier alpha value is -2.03. The molecule has 1 aliphatic rings. The molecule has 3 heteroatoms. The first-order chi connectivity index (χ1) is 9.81. The largest absolute Gasteiger partial charge is 0.497 e. The van der Waals surface area contributed by atoms with Crippen LogP contribution in [0.3, 0.4) is 0 Å². The van der Waals surface area contributed by atoms with Crippen LogP contribution in [0.15, 0.2) is 48.7 Å². The van der Waals surface area contributed by atoms with Gasteiger partial charge in [0.1, 0.15) is 11.5 Å². The van der Waals surface area contributed by atoms with Crippen LogP contribution in [0.25, 0.3) is 0 Å². The van der Waals surface area contributed by atoms with Crippen LogP contribution in [0.1, 0.15) is 26.2 Å². The Balaban J connectivity index is 0.000000247. The summed E-state index contributed by atoms with van der Waals surface area (Å²) < 4.78 is 10.6. The van der Waals surface area contributed by atoms with Crippen LogP contribution in [0.5, 0.6) is 17.4 Å². The molecule has 0 N–H and O–H groups in total. The lowest BCUT2D eigenvalue weighted by molar-refractivity contribution is 0.412. The molecule has 2 aromatic rings. The minimum Gasteiger partial charge on any atom is -0.497 e. The summed E-state index contributed by atoms with van der Waals surface area (Å²) in [6.45, 7) is 2.26. The van der Waals surface area contributed by atoms with Gasteiger partial charge in [-0.05, 0) is 36.2 Å². The second-order valence-corrected chi connectivity index (χ2v) is 4.80. The van der Waals surface area contributed by atoms with Crippen LogP contribution < -0.4 is 9.47 Å². The zero-order valence-electron chi connectivity index (χ0n) is 12.1. The number of rotatable bonds is 4. The average Bonchev–Trinajstić information content (AvgIpc) is 3.34. The van der Waals surface area contributed by atoms with E-state index in [4.69, 9.17) is 9.47 Å². The van der Waals surface area contributed by atoms with Crippen molar-refractivity contribution in [3.63, 3.8) is 0 Å². The topological polar surface area (TPSA) is 31.4 Å². The van der Waals surface area contributed by atoms with E-state index in [1.807, 2.05) is 42.5 Å². The van der Waals surface area contributed by atoms with Crippen molar-refractivity contribution in [3.8, 4) is 17.4 Å². The van der Waals surface area contributed by atoms with Crippen LogP contribution >= 0.6 is 0 Å². The summed E-state index contributed by atoms with van der Waals surface area (Å²) in [5, 5.41) is 0. The van der Waals surface area contributed by atoms with E-state index in [0.717, 1.165) is 17.4 Å². The van der Waals surface area contributed by atoms with Gasteiger partial charge < -0.3 is 9.47 Å². The first-order valence-electron chi connectivity index (χ1n) is 7.04. The van der Waals surface area contributed by atoms with Gasteiger partial charge in [-0.15, -0.1) is 0 Å². The molecule has 0 atom stereocenters. The van der Waals surface area contributed by atoms with Gasteiger partial charge in [-0.1, -0.05) is 32.3 Å². The fourth-order valence-electron chi connectivity index (χ4n) is 1.70. The maximum atomic E-state index is 5.51. The van der Waals surface area contributed by atoms with Crippen molar-refractivity contribution < 1.29 is 9.47 Å². The summed E-state index contributed by atoms with van der Waals surface area (Å²) in [6, 6.07) is 12.9. The molecule has 1 aliphatic carbocycles. The highest BCUT2D eigenvalue weighted by Crippen LogP contribution is 2.31. The highest BCUT2D eigenvalue weighted by atomic mass is 16.5. The van der Waals surface area contributed by atoms with Crippen molar-refractivity contribution in [1.29, 1.82) is 0 Å². The number of nitrogens with zero attached hydrogens (tertiary/aromatic N) is 1. The Labute approximate surface area is 120 Å². The van der Waals surface area contributed by atoms with Crippen molar-refractivity contribution in [2.24, 2.45) is 5.92 Å². The molecule has 1 heterocycles. The van der Waals surface area contributed by atoms with Crippen LogP contribution in [-0.4, -0.2) is 12.1 Å². The predicted molar refractivity (Wildman–Crippen MR) is 80.3 cm³/mol. The molecule has 0 amide bonds. The number of hydrogen-bond acceptors (Lipinski definition) is 3. The van der Waals surface area contributed by atoms with E-state index in [1.165, 1.54) is 19.3 Å². The van der Waals surface area contributed by atoms with Gasteiger partial charge in [-0.3, -0.25) is 0 Å². The van der Waals surface area contributed by atoms with Gasteiger partial charge >= 0.3 is 0 Å². The summed E-state index contributed by atoms with van der Waals surface area (Å²) in [4.78, 5) is 4.06. The summed E-state index contributed by atoms with van der Waals surface area (Å²) in [5.41, 5.74) is 0. The number of methoxy groups -OCH3 is 1. The standard InChI is InChI=1S/C12H11NO2.C5H10/c1-14-10-5-7-11(8-6-10)15-12-4-2-3-9-13-12;1-2-5-3-4-5/h2-9H,1H3;5H,2-4H2,1H3. The van der Waals surface area contributed by atoms with Crippen molar-refractivity contribution in [2.45, 2.75) is 26.2 Å². The van der Waals surface area contributed by atoms with Gasteiger partial charge in [0.2, 0.25) is 5.88 Å². The molecule has 0 unspecified atom stereocenters. The van der Waals surface area contributed by atoms with E-state index < -0.39 is 0 Å². The Kier molecular flexibility index (Phi) is 5.42. The van der Waals surface area contributed by atoms with E-state index in [-0.39, 0.29) is 0 Å². The third-order valence-electron chi connectivity index (χ3n) is 3.19. The minimum absolute atomic E-state index is 0.586. The summed E-state index contributed by atoms with van der Waals surface area (Å²) >= 11 is 0. The van der Waals surface area contributed by atoms with E-state index in [2.05, 4.69) is 11.9 Å². The van der Waals surface area contributed by atoms with Crippen LogP contribution in [0.2, 0.25) is 0 Å². The second-order valence-electron chi connectivity index (χ2n) is 4.80. The van der Waals surface area contributed by atoms with Crippen molar-refractivity contribution in [3.05, 3.63) is 48.7 Å². The molecule has 106 valence electrons. The summed E-state index contributed by atoms with van der Waals surface area (Å²) in [5.74, 6) is 3.27. The van der Waals surface area contributed by atoms with Gasteiger partial charge in [0.15, 0.2) is 0 Å². The molecule has 0 radical (unpaired) electrons. The van der Waals surface area contributed by atoms with E-state index >= 15 is 0 Å². The Bertz CT molecular complexity index is 492. The number of ether oxygens (including phenoxy) is 2. The van der Waals surface area contributed by atoms with Crippen LogP contribution in [-0.2, 0) is 0 Å². The normalized spacial score (nSPS) is 13.1. The Morgan fingerprint density at radius 3 is 2.20 bits per heavy atom. The molecule has 1 aromatic carbocycles. The number of benzene rings is 1. The molecule has 0 aliphatic heterocycles. The van der Waals surface area contributed by atoms with Gasteiger partial charge in [0, 0.05) is 12.3 Å². The molecule has 20 heavy (non-hydrogen) atoms. The average molecular weight is 271 g/mol. The molecular formula is C17H21NO2. The van der Waals surface area contributed by atoms with E-state index in [9.17, 15) is 0 Å². The second kappa shape index (κ2) is 7.53. The number of hydrogen-bond donors (Lipinski definition) is 0. The maximum Gasteiger partial charge on any atom is 0.219 e. The highest BCUT2D eigenvalue weighted by molar-refractivity contribution is 5.33. The lowest BCUT2D eigenvalue weighted by atomic mass is 10.3. The smallest absolute Gasteiger partial charge is 0.219 e. The van der Waals surface area contributed by atoms with Gasteiger partial charge in [-0.2, -0.15) is 0 Å². The molecule has 1 fully saturated rings. The lowest BCUT2D eigenvalue weighted by Gasteiger charge is -2.04. The molecule has 3 rings (SSSR count). The third-order valence-corrected chi connectivity index (χ3v) is 3.19. The molecule has 1 saturated carbocycles. The SMILES string of the molecule is CCC1CC1.COc1ccc(Oc2ccccn2)cc1. The number of pyridine rings is 1. The summed E-state index contributed by atoms with van der Waals surface area (Å²) in [6.07, 6.45) is 6.13. The van der Waals surface area contributed by atoms with Gasteiger partial charge in [-0.25, -0.2) is 4.98 Å². The Morgan fingerprint density at radius 1 is 1.05 bits per heavy atom. The van der Waals surface area contributed by atoms with Crippen molar-refractivity contribution >= 4 is 0 Å². The fraction of sp³-hybridized carbons (Fsp3) is 0.353. The van der Waals surface area contributed by atoms with E-state index in [0.29, 0.717) is 5.88 Å². The minimum atomic E-state index is 0.586. The zero-order valence-corrected chi connectivity index (χ0v) is 12.1. The van der Waals surface area contributed by atoms with Crippen molar-refractivity contribution in [2.75, 3.05) is 7.11 Å². The monoisotopic (exact) mass is 271 g/mol. The molecule has 0 bridgehead atoms. The van der Waals surface area contributed by atoms with Crippen LogP contribution in [0, 0.1) is 5.92 Å². The zero-order chi connectivity index (χ0) is 14.2. The Morgan fingerprint density at radius 2 is 1.75 bits per heavy atom. The first kappa shape index (κ1) is 14.4. The van der Waals surface area contributed by atoms with Crippen LogP contribution in [0.4, 0.5) is 0 Å². The van der Waals surface area contributed by atoms with E-state index in [1.54, 1.807) is 13.3 Å². The molecule has 3 nitrogen and oxygen atoms in total. The molecular weight excluding hydrogens is 250 g/mol. The first-order valence-corrected chi connectivity index (χ1v) is 7.04. The maximum absolute atomic E-state index is 5.51. The lowest BCUT2D eigenvalue weighted by Crippen LogP contribution is -1.87. The van der Waals surface area contributed by atoms with Crippen molar-refractivity contribution in [1.82, 2.24) is 4.98 Å². The third kappa shape index (κ3) is 4.92.